The van der Waals surface area contributed by atoms with Crippen molar-refractivity contribution in [2.24, 2.45) is 5.73 Å². The Morgan fingerprint density at radius 1 is 1.40 bits per heavy atom. The summed E-state index contributed by atoms with van der Waals surface area (Å²) < 4.78 is 22.5. The molecule has 2 aromatic rings. The number of nitrogens with one attached hydrogen (secondary N) is 1. The number of pyridine rings is 1. The molecule has 8 heteroatoms. The zero-order valence-corrected chi connectivity index (χ0v) is 12.2. The van der Waals surface area contributed by atoms with Crippen LogP contribution in [0.4, 0.5) is 5.69 Å². The second-order valence-corrected chi connectivity index (χ2v) is 7.08. The third-order valence-corrected chi connectivity index (χ3v) is 4.47. The minimum atomic E-state index is -3.35. The van der Waals surface area contributed by atoms with Gasteiger partial charge in [-0.05, 0) is 23.6 Å². The van der Waals surface area contributed by atoms with E-state index in [4.69, 9.17) is 5.73 Å². The van der Waals surface area contributed by atoms with Crippen LogP contribution in [0.25, 0.3) is 0 Å². The Morgan fingerprint density at radius 2 is 2.15 bits per heavy atom. The summed E-state index contributed by atoms with van der Waals surface area (Å²) in [4.78, 5) is 16.5. The van der Waals surface area contributed by atoms with Gasteiger partial charge in [0.25, 0.3) is 0 Å². The maximum absolute atomic E-state index is 11.9. The number of amides is 1. The molecule has 2 heterocycles. The molecule has 2 aromatic heterocycles. The number of aromatic nitrogens is 1. The van der Waals surface area contributed by atoms with Crippen LogP contribution in [0.15, 0.2) is 40.9 Å². The molecule has 0 radical (unpaired) electrons. The van der Waals surface area contributed by atoms with E-state index in [9.17, 15) is 13.2 Å². The number of thiophene rings is 1. The highest BCUT2D eigenvalue weighted by molar-refractivity contribution is 7.90. The topological polar surface area (TPSA) is 102 Å². The summed E-state index contributed by atoms with van der Waals surface area (Å²) in [5, 5.41) is 4.39. The van der Waals surface area contributed by atoms with Crippen molar-refractivity contribution in [2.45, 2.75) is 11.1 Å². The van der Waals surface area contributed by atoms with Crippen molar-refractivity contribution in [3.63, 3.8) is 0 Å². The van der Waals surface area contributed by atoms with E-state index in [0.717, 1.165) is 11.1 Å². The lowest BCUT2D eigenvalue weighted by Crippen LogP contribution is -2.27. The van der Waals surface area contributed by atoms with Crippen molar-refractivity contribution in [1.82, 2.24) is 4.98 Å². The average molecular weight is 311 g/mol. The van der Waals surface area contributed by atoms with Gasteiger partial charge in [0.1, 0.15) is 6.04 Å². The first kappa shape index (κ1) is 14.6. The summed E-state index contributed by atoms with van der Waals surface area (Å²) in [5.74, 6) is -0.374. The molecule has 0 bridgehead atoms. The Kier molecular flexibility index (Phi) is 4.17. The fourth-order valence-electron chi connectivity index (χ4n) is 1.49. The highest BCUT2D eigenvalue weighted by Gasteiger charge is 2.17. The summed E-state index contributed by atoms with van der Waals surface area (Å²) in [6.07, 6.45) is 2.36. The quantitative estimate of drug-likeness (QED) is 0.883. The van der Waals surface area contributed by atoms with Gasteiger partial charge >= 0.3 is 0 Å². The number of anilines is 1. The minimum Gasteiger partial charge on any atom is -0.323 e. The van der Waals surface area contributed by atoms with Crippen LogP contribution in [0.5, 0.6) is 0 Å². The van der Waals surface area contributed by atoms with E-state index in [2.05, 4.69) is 10.3 Å². The van der Waals surface area contributed by atoms with Gasteiger partial charge in [0, 0.05) is 11.1 Å². The van der Waals surface area contributed by atoms with Gasteiger partial charge in [-0.25, -0.2) is 13.4 Å². The highest BCUT2D eigenvalue weighted by Crippen LogP contribution is 2.18. The second kappa shape index (κ2) is 5.70. The number of rotatable bonds is 4. The molecule has 0 saturated heterocycles. The Morgan fingerprint density at radius 3 is 2.65 bits per heavy atom. The molecule has 0 saturated carbocycles. The molecule has 20 heavy (non-hydrogen) atoms. The van der Waals surface area contributed by atoms with Crippen molar-refractivity contribution in [3.05, 3.63) is 40.7 Å². The lowest BCUT2D eigenvalue weighted by atomic mass is 10.2. The Bertz CT molecular complexity index is 694. The van der Waals surface area contributed by atoms with Crippen LogP contribution in [-0.4, -0.2) is 25.6 Å². The number of carbonyl (C=O) groups excluding carboxylic acids is 1. The largest absolute Gasteiger partial charge is 0.323 e. The van der Waals surface area contributed by atoms with E-state index in [0.29, 0.717) is 5.69 Å². The van der Waals surface area contributed by atoms with Crippen molar-refractivity contribution < 1.29 is 13.2 Å². The van der Waals surface area contributed by atoms with Crippen LogP contribution >= 0.6 is 11.3 Å². The molecule has 0 aliphatic carbocycles. The van der Waals surface area contributed by atoms with E-state index in [-0.39, 0.29) is 10.9 Å². The molecule has 1 unspecified atom stereocenters. The van der Waals surface area contributed by atoms with Crippen LogP contribution in [0, 0.1) is 0 Å². The zero-order valence-electron chi connectivity index (χ0n) is 10.6. The summed E-state index contributed by atoms with van der Waals surface area (Å²) in [6.45, 7) is 0. The van der Waals surface area contributed by atoms with E-state index >= 15 is 0 Å². The van der Waals surface area contributed by atoms with Crippen LogP contribution in [0.3, 0.4) is 0 Å². The number of hydrogen-bond donors (Lipinski definition) is 2. The van der Waals surface area contributed by atoms with Gasteiger partial charge in [-0.3, -0.25) is 4.79 Å². The van der Waals surface area contributed by atoms with Crippen molar-refractivity contribution >= 4 is 32.8 Å². The molecular formula is C12H13N3O3S2. The molecule has 2 rings (SSSR count). The maximum Gasteiger partial charge on any atom is 0.246 e. The van der Waals surface area contributed by atoms with Crippen molar-refractivity contribution in [3.8, 4) is 0 Å². The van der Waals surface area contributed by atoms with Gasteiger partial charge in [0.05, 0.1) is 11.9 Å². The third kappa shape index (κ3) is 3.41. The van der Waals surface area contributed by atoms with Crippen LogP contribution in [-0.2, 0) is 14.6 Å². The molecule has 0 fully saturated rings. The third-order valence-electron chi connectivity index (χ3n) is 2.52. The lowest BCUT2D eigenvalue weighted by molar-refractivity contribution is -0.117. The second-order valence-electron chi connectivity index (χ2n) is 4.14. The fraction of sp³-hybridized carbons (Fsp3) is 0.167. The molecule has 1 atom stereocenters. The molecule has 0 aromatic carbocycles. The van der Waals surface area contributed by atoms with Gasteiger partial charge in [-0.2, -0.15) is 0 Å². The Labute approximate surface area is 120 Å². The predicted octanol–water partition coefficient (Wildman–Crippen LogP) is 1.19. The van der Waals surface area contributed by atoms with Crippen LogP contribution in [0.1, 0.15) is 10.9 Å². The Balaban J connectivity index is 2.09. The van der Waals surface area contributed by atoms with E-state index in [1.165, 1.54) is 29.7 Å². The van der Waals surface area contributed by atoms with Gasteiger partial charge < -0.3 is 11.1 Å². The normalized spacial score (nSPS) is 12.9. The molecule has 0 aliphatic heterocycles. The smallest absolute Gasteiger partial charge is 0.246 e. The number of carbonyl (C=O) groups is 1. The standard InChI is InChI=1S/C12H13N3O3S2/c1-20(17,18)10-5-4-8(7-14-10)15-12(16)11(13)9-3-2-6-19-9/h2-7,11H,13H2,1H3,(H,15,16). The molecule has 1 amide bonds. The molecule has 6 nitrogen and oxygen atoms in total. The first-order valence-corrected chi connectivity index (χ1v) is 8.41. The fourth-order valence-corrected chi connectivity index (χ4v) is 2.78. The summed E-state index contributed by atoms with van der Waals surface area (Å²) in [5.41, 5.74) is 6.21. The predicted molar refractivity (Wildman–Crippen MR) is 77.2 cm³/mol. The Hall–Kier alpha value is -1.77. The zero-order chi connectivity index (χ0) is 14.8. The van der Waals surface area contributed by atoms with E-state index < -0.39 is 15.9 Å². The molecule has 3 N–H and O–H groups in total. The minimum absolute atomic E-state index is 0.0435. The van der Waals surface area contributed by atoms with Crippen LogP contribution < -0.4 is 11.1 Å². The van der Waals surface area contributed by atoms with Gasteiger partial charge in [0.2, 0.25) is 5.91 Å². The van der Waals surface area contributed by atoms with Gasteiger partial charge in [-0.1, -0.05) is 6.07 Å². The van der Waals surface area contributed by atoms with Crippen molar-refractivity contribution in [2.75, 3.05) is 11.6 Å². The molecule has 0 spiro atoms. The van der Waals surface area contributed by atoms with Gasteiger partial charge in [0.15, 0.2) is 14.9 Å². The van der Waals surface area contributed by atoms with E-state index in [1.807, 2.05) is 11.4 Å². The number of nitrogens with zero attached hydrogens (tertiary/aromatic N) is 1. The first-order chi connectivity index (χ1) is 9.38. The molecular weight excluding hydrogens is 298 g/mol. The summed E-state index contributed by atoms with van der Waals surface area (Å²) in [7, 11) is -3.35. The van der Waals surface area contributed by atoms with Crippen LogP contribution in [0.2, 0.25) is 0 Å². The van der Waals surface area contributed by atoms with Gasteiger partial charge in [-0.15, -0.1) is 11.3 Å². The highest BCUT2D eigenvalue weighted by atomic mass is 32.2. The SMILES string of the molecule is CS(=O)(=O)c1ccc(NC(=O)C(N)c2cccs2)cn1. The number of nitrogens with two attached hydrogens (primary N) is 1. The number of sulfone groups is 1. The van der Waals surface area contributed by atoms with E-state index in [1.54, 1.807) is 6.07 Å². The molecule has 106 valence electrons. The maximum atomic E-state index is 11.9. The first-order valence-electron chi connectivity index (χ1n) is 5.64. The summed E-state index contributed by atoms with van der Waals surface area (Å²) >= 11 is 1.39. The van der Waals surface area contributed by atoms with Crippen molar-refractivity contribution in [1.29, 1.82) is 0 Å². The monoisotopic (exact) mass is 311 g/mol. The molecule has 0 aliphatic rings. The lowest BCUT2D eigenvalue weighted by Gasteiger charge is -2.10. The average Bonchev–Trinajstić information content (AvgIpc) is 2.91. The summed E-state index contributed by atoms with van der Waals surface area (Å²) in [6, 6.07) is 5.64. The number of hydrogen-bond acceptors (Lipinski definition) is 6.